The molecule has 5 nitrogen and oxygen atoms in total. The first kappa shape index (κ1) is 13.9. The molecule has 0 spiro atoms. The van der Waals surface area contributed by atoms with Crippen molar-refractivity contribution < 1.29 is 14.7 Å². The number of amides is 2. The monoisotopic (exact) mass is 216 g/mol. The van der Waals surface area contributed by atoms with E-state index >= 15 is 0 Å². The summed E-state index contributed by atoms with van der Waals surface area (Å²) in [7, 11) is 0. The smallest absolute Gasteiger partial charge is 0.242 e. The molecule has 0 aromatic rings. The molecule has 0 saturated heterocycles. The quantitative estimate of drug-likeness (QED) is 0.551. The number of aliphatic hydroxyl groups is 1. The second-order valence-electron chi connectivity index (χ2n) is 3.41. The van der Waals surface area contributed by atoms with Crippen LogP contribution in [0.15, 0.2) is 0 Å². The van der Waals surface area contributed by atoms with Crippen molar-refractivity contribution in [2.24, 2.45) is 0 Å². The average Bonchev–Trinajstić information content (AvgIpc) is 2.22. The molecule has 3 N–H and O–H groups in total. The van der Waals surface area contributed by atoms with Gasteiger partial charge in [-0.05, 0) is 19.8 Å². The molecule has 0 bridgehead atoms. The molecule has 1 atom stereocenters. The van der Waals surface area contributed by atoms with Gasteiger partial charge in [-0.25, -0.2) is 0 Å². The highest BCUT2D eigenvalue weighted by molar-refractivity contribution is 5.87. The SMILES string of the molecule is CCCNC(=O)C(C)NC(=O)CCCO. The molecule has 0 rings (SSSR count). The fourth-order valence-electron chi connectivity index (χ4n) is 1.02. The number of hydrogen-bond acceptors (Lipinski definition) is 3. The highest BCUT2D eigenvalue weighted by Gasteiger charge is 2.13. The molecule has 5 heteroatoms. The van der Waals surface area contributed by atoms with E-state index in [2.05, 4.69) is 10.6 Å². The van der Waals surface area contributed by atoms with Gasteiger partial charge in [0.2, 0.25) is 11.8 Å². The van der Waals surface area contributed by atoms with Crippen molar-refractivity contribution in [1.29, 1.82) is 0 Å². The number of aliphatic hydroxyl groups excluding tert-OH is 1. The summed E-state index contributed by atoms with van der Waals surface area (Å²) in [5, 5.41) is 13.8. The van der Waals surface area contributed by atoms with Crippen LogP contribution < -0.4 is 10.6 Å². The van der Waals surface area contributed by atoms with E-state index in [0.29, 0.717) is 13.0 Å². The minimum Gasteiger partial charge on any atom is -0.396 e. The van der Waals surface area contributed by atoms with E-state index in [1.807, 2.05) is 6.92 Å². The lowest BCUT2D eigenvalue weighted by molar-refractivity contribution is -0.128. The van der Waals surface area contributed by atoms with Crippen LogP contribution in [0.5, 0.6) is 0 Å². The van der Waals surface area contributed by atoms with Gasteiger partial charge in [0.05, 0.1) is 0 Å². The fraction of sp³-hybridized carbons (Fsp3) is 0.800. The highest BCUT2D eigenvalue weighted by atomic mass is 16.3. The first-order valence-corrected chi connectivity index (χ1v) is 5.29. The minimum absolute atomic E-state index is 0.0101. The summed E-state index contributed by atoms with van der Waals surface area (Å²) >= 11 is 0. The van der Waals surface area contributed by atoms with E-state index in [-0.39, 0.29) is 24.8 Å². The van der Waals surface area contributed by atoms with Crippen LogP contribution in [-0.4, -0.2) is 36.1 Å². The van der Waals surface area contributed by atoms with E-state index in [4.69, 9.17) is 5.11 Å². The summed E-state index contributed by atoms with van der Waals surface area (Å²) < 4.78 is 0. The largest absolute Gasteiger partial charge is 0.396 e. The first-order valence-electron chi connectivity index (χ1n) is 5.29. The maximum atomic E-state index is 11.3. The van der Waals surface area contributed by atoms with Gasteiger partial charge < -0.3 is 15.7 Å². The Kier molecular flexibility index (Phi) is 7.62. The zero-order chi connectivity index (χ0) is 11.7. The summed E-state index contributed by atoms with van der Waals surface area (Å²) in [4.78, 5) is 22.5. The molecule has 88 valence electrons. The molecule has 15 heavy (non-hydrogen) atoms. The van der Waals surface area contributed by atoms with E-state index in [1.165, 1.54) is 0 Å². The Balaban J connectivity index is 3.75. The Morgan fingerprint density at radius 3 is 2.60 bits per heavy atom. The molecule has 0 aliphatic heterocycles. The van der Waals surface area contributed by atoms with E-state index < -0.39 is 6.04 Å². The lowest BCUT2D eigenvalue weighted by Crippen LogP contribution is -2.44. The zero-order valence-corrected chi connectivity index (χ0v) is 9.38. The van der Waals surface area contributed by atoms with Crippen LogP contribution in [0, 0.1) is 0 Å². The molecule has 0 aromatic heterocycles. The molecule has 0 radical (unpaired) electrons. The number of rotatable bonds is 7. The lowest BCUT2D eigenvalue weighted by atomic mass is 10.2. The van der Waals surface area contributed by atoms with E-state index in [9.17, 15) is 9.59 Å². The summed E-state index contributed by atoms with van der Waals surface area (Å²) in [6, 6.07) is -0.511. The van der Waals surface area contributed by atoms with Gasteiger partial charge in [-0.2, -0.15) is 0 Å². The van der Waals surface area contributed by atoms with Crippen LogP contribution in [0.4, 0.5) is 0 Å². The van der Waals surface area contributed by atoms with Crippen LogP contribution in [0.3, 0.4) is 0 Å². The molecule has 0 fully saturated rings. The molecule has 1 unspecified atom stereocenters. The van der Waals surface area contributed by atoms with Crippen LogP contribution >= 0.6 is 0 Å². The second kappa shape index (κ2) is 8.23. The maximum Gasteiger partial charge on any atom is 0.242 e. The summed E-state index contributed by atoms with van der Waals surface area (Å²) in [5.41, 5.74) is 0. The van der Waals surface area contributed by atoms with Gasteiger partial charge in [-0.1, -0.05) is 6.92 Å². The number of carbonyl (C=O) groups is 2. The van der Waals surface area contributed by atoms with Crippen molar-refractivity contribution >= 4 is 11.8 Å². The summed E-state index contributed by atoms with van der Waals surface area (Å²) in [6.07, 6.45) is 1.55. The molecule has 0 aliphatic carbocycles. The third-order valence-corrected chi connectivity index (χ3v) is 1.88. The zero-order valence-electron chi connectivity index (χ0n) is 9.38. The average molecular weight is 216 g/mol. The van der Waals surface area contributed by atoms with Gasteiger partial charge in [0.25, 0.3) is 0 Å². The third-order valence-electron chi connectivity index (χ3n) is 1.88. The predicted octanol–water partition coefficient (Wildman–Crippen LogP) is -0.210. The first-order chi connectivity index (χ1) is 7.11. The van der Waals surface area contributed by atoms with Crippen molar-refractivity contribution in [3.05, 3.63) is 0 Å². The molecular weight excluding hydrogens is 196 g/mol. The van der Waals surface area contributed by atoms with Crippen LogP contribution in [0.1, 0.15) is 33.1 Å². The molecule has 2 amide bonds. The maximum absolute atomic E-state index is 11.3. The molecule has 0 heterocycles. The van der Waals surface area contributed by atoms with Gasteiger partial charge in [-0.15, -0.1) is 0 Å². The highest BCUT2D eigenvalue weighted by Crippen LogP contribution is 1.90. The normalized spacial score (nSPS) is 11.9. The molecule has 0 aromatic carbocycles. The molecule has 0 saturated carbocycles. The Morgan fingerprint density at radius 2 is 2.07 bits per heavy atom. The standard InChI is InChI=1S/C10H20N2O3/c1-3-6-11-10(15)8(2)12-9(14)5-4-7-13/h8,13H,3-7H2,1-2H3,(H,11,15)(H,12,14). The Labute approximate surface area is 90.2 Å². The molecular formula is C10H20N2O3. The Hall–Kier alpha value is -1.10. The summed E-state index contributed by atoms with van der Waals surface area (Å²) in [5.74, 6) is -0.377. The third kappa shape index (κ3) is 6.90. The summed E-state index contributed by atoms with van der Waals surface area (Å²) in [6.45, 7) is 4.21. The minimum atomic E-state index is -0.511. The van der Waals surface area contributed by atoms with Crippen LogP contribution in [-0.2, 0) is 9.59 Å². The number of carbonyl (C=O) groups excluding carboxylic acids is 2. The van der Waals surface area contributed by atoms with E-state index in [1.54, 1.807) is 6.92 Å². The van der Waals surface area contributed by atoms with Crippen molar-refractivity contribution in [2.75, 3.05) is 13.2 Å². The molecule has 0 aliphatic rings. The number of nitrogens with one attached hydrogen (secondary N) is 2. The predicted molar refractivity (Wildman–Crippen MR) is 57.2 cm³/mol. The van der Waals surface area contributed by atoms with Gasteiger partial charge in [-0.3, -0.25) is 9.59 Å². The second-order valence-corrected chi connectivity index (χ2v) is 3.41. The van der Waals surface area contributed by atoms with Crippen molar-refractivity contribution in [3.63, 3.8) is 0 Å². The van der Waals surface area contributed by atoms with Crippen molar-refractivity contribution in [3.8, 4) is 0 Å². The Morgan fingerprint density at radius 1 is 1.40 bits per heavy atom. The van der Waals surface area contributed by atoms with Gasteiger partial charge in [0, 0.05) is 19.6 Å². The van der Waals surface area contributed by atoms with E-state index in [0.717, 1.165) is 6.42 Å². The van der Waals surface area contributed by atoms with Crippen molar-refractivity contribution in [2.45, 2.75) is 39.2 Å². The van der Waals surface area contributed by atoms with Gasteiger partial charge >= 0.3 is 0 Å². The fourth-order valence-corrected chi connectivity index (χ4v) is 1.02. The van der Waals surface area contributed by atoms with Crippen LogP contribution in [0.25, 0.3) is 0 Å². The van der Waals surface area contributed by atoms with Crippen LogP contribution in [0.2, 0.25) is 0 Å². The van der Waals surface area contributed by atoms with Gasteiger partial charge in [0.15, 0.2) is 0 Å². The number of hydrogen-bond donors (Lipinski definition) is 3. The van der Waals surface area contributed by atoms with Gasteiger partial charge in [0.1, 0.15) is 6.04 Å². The topological polar surface area (TPSA) is 78.4 Å². The lowest BCUT2D eigenvalue weighted by Gasteiger charge is -2.13. The Bertz CT molecular complexity index is 207. The van der Waals surface area contributed by atoms with Crippen molar-refractivity contribution in [1.82, 2.24) is 10.6 Å².